The number of carbonyl (C=O) groups is 8. The molecule has 29 heteroatoms. The number of carboxylic acids is 3. The number of nitrogens with zero attached hydrogens (tertiary/aromatic N) is 2. The van der Waals surface area contributed by atoms with Crippen LogP contribution in [0.2, 0.25) is 0 Å². The van der Waals surface area contributed by atoms with Gasteiger partial charge in [-0.05, 0) is 177 Å². The number of urea groups is 1. The predicted octanol–water partition coefficient (Wildman–Crippen LogP) is 11.1. The van der Waals surface area contributed by atoms with E-state index < -0.39 is 100 Å². The highest BCUT2D eigenvalue weighted by molar-refractivity contribution is 7.86. The quantitative estimate of drug-likeness (QED) is 0.0144. The summed E-state index contributed by atoms with van der Waals surface area (Å²) < 4.78 is 110. The number of unbranched alkanes of at least 4 members (excludes halogenated alkanes) is 6. The summed E-state index contributed by atoms with van der Waals surface area (Å²) in [7, 11) is -13.1. The molecule has 9 N–H and O–H groups in total. The Morgan fingerprint density at radius 3 is 1.88 bits per heavy atom. The minimum Gasteiger partial charge on any atom is -0.481 e. The van der Waals surface area contributed by atoms with Crippen LogP contribution in [0.5, 0.6) is 5.75 Å². The van der Waals surface area contributed by atoms with Crippen LogP contribution in [0.1, 0.15) is 199 Å². The summed E-state index contributed by atoms with van der Waals surface area (Å²) in [6.45, 7) is 8.18. The Balaban J connectivity index is 1.04. The number of Topliss-reactive ketones (excluding diaryl/α,β-unsaturated/α-hetero) is 3. The third-order valence-corrected chi connectivity index (χ3v) is 21.6. The predicted molar refractivity (Wildman–Crippen MR) is 387 cm³/mol. The Labute approximate surface area is 603 Å². The normalized spacial score (nSPS) is 17.6. The van der Waals surface area contributed by atoms with Crippen molar-refractivity contribution in [2.75, 3.05) is 36.0 Å². The third-order valence-electron chi connectivity index (χ3n) is 19.1. The van der Waals surface area contributed by atoms with Gasteiger partial charge in [-0.2, -0.15) is 29.8 Å². The lowest BCUT2D eigenvalue weighted by molar-refractivity contribution is -0.437. The van der Waals surface area contributed by atoms with Crippen LogP contribution in [0, 0.1) is 5.92 Å². The molecule has 103 heavy (non-hydrogen) atoms. The molecular formula is C74H100N5O21S3+. The molecule has 0 bridgehead atoms. The maximum Gasteiger partial charge on any atom is 0.326 e. The number of anilines is 1. The largest absolute Gasteiger partial charge is 0.481 e. The van der Waals surface area contributed by atoms with Crippen LogP contribution in [-0.2, 0) is 74.7 Å². The van der Waals surface area contributed by atoms with Crippen LogP contribution in [-0.4, -0.2) is 155 Å². The Kier molecular flexibility index (Phi) is 31.7. The summed E-state index contributed by atoms with van der Waals surface area (Å²) in [5.41, 5.74) is 5.66. The van der Waals surface area contributed by atoms with Crippen molar-refractivity contribution in [3.8, 4) is 5.75 Å². The second kappa shape index (κ2) is 39.1. The highest BCUT2D eigenvalue weighted by Gasteiger charge is 2.45. The van der Waals surface area contributed by atoms with Gasteiger partial charge in [0, 0.05) is 92.5 Å². The molecule has 0 radical (unpaired) electrons. The van der Waals surface area contributed by atoms with Gasteiger partial charge in [-0.3, -0.25) is 42.4 Å². The number of nitrogens with one attached hydrogen (secondary N) is 3. The standard InChI is InChI=1S/C74H99N5O21S3/c1-51(80)61(40-43-68(84)85)76-72(90)77-62(71(88)89)30-16-17-45-75-67(83)33-11-6-5-9-26-56(82)50-54(70(86)87)22-8-7-10-25-55(81)27-19-44-74(4)60-29-13-15-32-64(60)79(47-21-49-102(94,95)96)66(74)42-35-53-24-18-23-52(69(53)100-57-36-38-58(39-37-57)103(97,98)99)34-41-65-73(2,3)59-28-12-14-31-63(59)78(65)46-20-48-101(91,92)93/h12-15,28-29,31-32,34-39,41-42,54,61-62H,5-11,16-27,30,33,40,43-50H2,1-4H3,(H8-,75,76,77,83,84,85,86,87,88,89,90,91,92,93,94,95,96,97,98,99)/p+1/t54-,61+,62+,74?/m1/s1. The number of aliphatic carboxylic acids is 3. The maximum absolute atomic E-state index is 13.6. The molecule has 3 aliphatic rings. The molecule has 3 amide bonds. The van der Waals surface area contributed by atoms with Crippen molar-refractivity contribution in [1.82, 2.24) is 16.0 Å². The number of ether oxygens (including phenoxy) is 1. The molecule has 564 valence electrons. The van der Waals surface area contributed by atoms with E-state index in [1.807, 2.05) is 77.7 Å². The molecule has 0 aromatic heterocycles. The van der Waals surface area contributed by atoms with Crippen LogP contribution in [0.4, 0.5) is 16.2 Å². The summed E-state index contributed by atoms with van der Waals surface area (Å²) >= 11 is 0. The number of carbonyl (C=O) groups excluding carboxylic acids is 5. The highest BCUT2D eigenvalue weighted by Crippen LogP contribution is 2.51. The van der Waals surface area contributed by atoms with Crippen LogP contribution in [0.25, 0.3) is 0 Å². The van der Waals surface area contributed by atoms with Gasteiger partial charge in [0.05, 0.1) is 33.8 Å². The maximum atomic E-state index is 13.6. The van der Waals surface area contributed by atoms with Crippen molar-refractivity contribution in [3.05, 3.63) is 131 Å². The van der Waals surface area contributed by atoms with E-state index >= 15 is 0 Å². The number of hydrogen-bond acceptors (Lipinski definition) is 16. The van der Waals surface area contributed by atoms with Gasteiger partial charge in [0.25, 0.3) is 30.4 Å². The summed E-state index contributed by atoms with van der Waals surface area (Å²) in [5.74, 6) is -5.37. The van der Waals surface area contributed by atoms with Gasteiger partial charge in [-0.1, -0.05) is 68.2 Å². The molecule has 6 rings (SSSR count). The Bertz CT molecular complexity index is 4070. The first-order chi connectivity index (χ1) is 48.6. The zero-order valence-electron chi connectivity index (χ0n) is 59.1. The number of rotatable bonds is 46. The molecule has 0 saturated heterocycles. The number of ketones is 3. The van der Waals surface area contributed by atoms with Crippen molar-refractivity contribution in [1.29, 1.82) is 0 Å². The molecule has 0 spiro atoms. The number of para-hydroxylation sites is 2. The van der Waals surface area contributed by atoms with Crippen LogP contribution in [0.3, 0.4) is 0 Å². The molecule has 3 aromatic carbocycles. The molecule has 2 heterocycles. The Hall–Kier alpha value is -8.22. The van der Waals surface area contributed by atoms with Gasteiger partial charge in [-0.25, -0.2) is 9.59 Å². The topological polar surface area (TPSA) is 412 Å². The minimum atomic E-state index is -4.53. The second-order valence-corrected chi connectivity index (χ2v) is 32.0. The van der Waals surface area contributed by atoms with Crippen LogP contribution >= 0.6 is 0 Å². The Morgan fingerprint density at radius 2 is 1.23 bits per heavy atom. The summed E-state index contributed by atoms with van der Waals surface area (Å²) in [6.07, 6.45) is 16.3. The lowest BCUT2D eigenvalue weighted by Crippen LogP contribution is -2.50. The van der Waals surface area contributed by atoms with E-state index in [4.69, 9.17) is 9.84 Å². The number of hydrogen-bond donors (Lipinski definition) is 9. The van der Waals surface area contributed by atoms with E-state index in [9.17, 15) is 87.5 Å². The van der Waals surface area contributed by atoms with E-state index in [-0.39, 0.29) is 112 Å². The second-order valence-electron chi connectivity index (χ2n) is 27.4. The van der Waals surface area contributed by atoms with Crippen molar-refractivity contribution in [2.24, 2.45) is 5.92 Å². The molecule has 1 unspecified atom stereocenters. The number of benzene rings is 3. The fourth-order valence-electron chi connectivity index (χ4n) is 13.6. The number of carboxylic acid groups (broad SMARTS) is 3. The van der Waals surface area contributed by atoms with Crippen LogP contribution < -0.4 is 25.6 Å². The van der Waals surface area contributed by atoms with E-state index in [0.717, 1.165) is 45.1 Å². The summed E-state index contributed by atoms with van der Waals surface area (Å²) in [5, 5.41) is 35.8. The van der Waals surface area contributed by atoms with Crippen molar-refractivity contribution >= 4 is 94.6 Å². The van der Waals surface area contributed by atoms with Gasteiger partial charge < -0.3 is 40.9 Å². The number of amides is 3. The van der Waals surface area contributed by atoms with Crippen molar-refractivity contribution in [3.63, 3.8) is 0 Å². The lowest BCUT2D eigenvalue weighted by atomic mass is 9.76. The van der Waals surface area contributed by atoms with E-state index in [1.54, 1.807) is 0 Å². The van der Waals surface area contributed by atoms with Crippen LogP contribution in [0.15, 0.2) is 125 Å². The molecule has 1 aliphatic carbocycles. The van der Waals surface area contributed by atoms with Gasteiger partial charge in [0.1, 0.15) is 35.7 Å². The van der Waals surface area contributed by atoms with E-state index in [0.29, 0.717) is 102 Å². The first kappa shape index (κ1) is 83.7. The summed E-state index contributed by atoms with van der Waals surface area (Å²) in [6, 6.07) is 17.6. The zero-order chi connectivity index (χ0) is 75.7. The molecule has 2 aliphatic heterocycles. The Morgan fingerprint density at radius 1 is 0.621 bits per heavy atom. The first-order valence-electron chi connectivity index (χ1n) is 35.2. The number of fused-ring (bicyclic) bond motifs is 2. The minimum absolute atomic E-state index is 0.0290. The molecule has 0 fully saturated rings. The SMILES string of the molecule is CC(=O)[C@H](CCC(=O)O)NC(=O)N[C@@H](CCCCNC(=O)CCCCCCC(=O)C[C@@H](CCCCCC(=O)CCCC1(C)/C(=C\C=C2/CCCC(/C=C/C3=[N+](CCCS(=O)(=O)O)c4ccccc4C3(C)C)=C2Oc2ccc(S(=O)(=O)O)cc2)N(CCCS(=O)(=O)O)c2ccccc21)C(=O)O)C(=O)O. The van der Waals surface area contributed by atoms with Gasteiger partial charge >= 0.3 is 23.9 Å². The molecule has 0 saturated carbocycles. The van der Waals surface area contributed by atoms with E-state index in [1.165, 1.54) is 31.2 Å². The number of allylic oxidation sites excluding steroid dienone is 7. The van der Waals surface area contributed by atoms with Gasteiger partial charge in [-0.15, -0.1) is 0 Å². The first-order valence-corrected chi connectivity index (χ1v) is 39.9. The molecule has 26 nitrogen and oxygen atoms in total. The fourth-order valence-corrected chi connectivity index (χ4v) is 15.0. The third kappa shape index (κ3) is 26.5. The average molecular weight is 1490 g/mol. The monoisotopic (exact) mass is 1490 g/mol. The highest BCUT2D eigenvalue weighted by atomic mass is 32.2. The molecular weight excluding hydrogens is 1390 g/mol. The van der Waals surface area contributed by atoms with Crippen molar-refractivity contribution < 1.29 is 102 Å². The molecule has 4 atom stereocenters. The lowest BCUT2D eigenvalue weighted by Gasteiger charge is -2.31. The fraction of sp³-hybridized carbons (Fsp3) is 0.527. The van der Waals surface area contributed by atoms with Gasteiger partial charge in [0.2, 0.25) is 11.6 Å². The van der Waals surface area contributed by atoms with Crippen molar-refractivity contribution in [2.45, 2.75) is 216 Å². The smallest absolute Gasteiger partial charge is 0.326 e. The molecule has 3 aromatic rings. The zero-order valence-corrected chi connectivity index (χ0v) is 61.6. The van der Waals surface area contributed by atoms with Gasteiger partial charge in [0.15, 0.2) is 11.5 Å². The van der Waals surface area contributed by atoms with E-state index in [2.05, 4.69) is 41.3 Å². The summed E-state index contributed by atoms with van der Waals surface area (Å²) in [4.78, 5) is 99.7. The average Bonchev–Trinajstić information content (AvgIpc) is 1.60.